The van der Waals surface area contributed by atoms with E-state index in [4.69, 9.17) is 5.73 Å². The molecule has 3 rings (SSSR count). The van der Waals surface area contributed by atoms with Gasteiger partial charge in [-0.15, -0.1) is 0 Å². The van der Waals surface area contributed by atoms with Crippen LogP contribution in [0.1, 0.15) is 18.9 Å². The molecule has 0 aliphatic heterocycles. The molecule has 2 N–H and O–H groups in total. The number of nitrogens with zero attached hydrogens (tertiary/aromatic N) is 2. The number of fused-ring (bicyclic) bond motifs is 1. The summed E-state index contributed by atoms with van der Waals surface area (Å²) < 4.78 is 29.0. The van der Waals surface area contributed by atoms with Gasteiger partial charge in [0.15, 0.2) is 5.82 Å². The number of anilines is 1. The maximum Gasteiger partial charge on any atom is 0.206 e. The average molecular weight is 287 g/mol. The van der Waals surface area contributed by atoms with Crippen molar-refractivity contribution in [2.75, 3.05) is 5.73 Å². The fourth-order valence-electron chi connectivity index (χ4n) is 2.58. The topological polar surface area (TPSA) is 43.8 Å². The van der Waals surface area contributed by atoms with Gasteiger partial charge >= 0.3 is 0 Å². The minimum absolute atomic E-state index is 0.0835. The summed E-state index contributed by atoms with van der Waals surface area (Å²) in [6.45, 7) is 2.07. The number of aryl methyl sites for hydroxylation is 1. The maximum atomic E-state index is 13.8. The molecule has 0 aliphatic carbocycles. The van der Waals surface area contributed by atoms with E-state index >= 15 is 0 Å². The molecule has 0 spiro atoms. The summed E-state index contributed by atoms with van der Waals surface area (Å²) in [5, 5.41) is 0. The fourth-order valence-corrected chi connectivity index (χ4v) is 2.58. The lowest BCUT2D eigenvalue weighted by Gasteiger charge is -2.12. The summed E-state index contributed by atoms with van der Waals surface area (Å²) >= 11 is 0. The van der Waals surface area contributed by atoms with Gasteiger partial charge in [-0.1, -0.05) is 31.5 Å². The fraction of sp³-hybridized carbons (Fsp3) is 0.188. The van der Waals surface area contributed by atoms with Crippen LogP contribution in [0.15, 0.2) is 36.4 Å². The van der Waals surface area contributed by atoms with Crippen LogP contribution in [0.2, 0.25) is 0 Å². The Kier molecular flexibility index (Phi) is 3.33. The molecule has 0 bridgehead atoms. The first-order valence-corrected chi connectivity index (χ1v) is 6.83. The summed E-state index contributed by atoms with van der Waals surface area (Å²) in [4.78, 5) is 4.03. The van der Waals surface area contributed by atoms with Crippen molar-refractivity contribution in [2.45, 2.75) is 19.8 Å². The van der Waals surface area contributed by atoms with Crippen LogP contribution >= 0.6 is 0 Å². The highest BCUT2D eigenvalue weighted by molar-refractivity contribution is 5.81. The molecule has 0 aliphatic rings. The second-order valence-corrected chi connectivity index (χ2v) is 4.94. The first kappa shape index (κ1) is 13.5. The second-order valence-electron chi connectivity index (χ2n) is 4.94. The van der Waals surface area contributed by atoms with Crippen LogP contribution in [-0.2, 0) is 6.42 Å². The van der Waals surface area contributed by atoms with Crippen molar-refractivity contribution < 1.29 is 8.78 Å². The van der Waals surface area contributed by atoms with E-state index < -0.39 is 11.6 Å². The monoisotopic (exact) mass is 287 g/mol. The van der Waals surface area contributed by atoms with Gasteiger partial charge in [0.05, 0.1) is 11.2 Å². The standard InChI is InChI=1S/C16H15F2N3/c1-2-5-10-6-3-4-7-13(10)21-14-9-11(17)8-12(18)15(14)20-16(21)19/h3-4,6-9H,2,5H2,1H3,(H2,19,20). The molecule has 21 heavy (non-hydrogen) atoms. The number of rotatable bonds is 3. The van der Waals surface area contributed by atoms with E-state index in [0.29, 0.717) is 5.52 Å². The van der Waals surface area contributed by atoms with Crippen molar-refractivity contribution in [1.29, 1.82) is 0 Å². The Bertz CT molecular complexity index is 809. The quantitative estimate of drug-likeness (QED) is 0.795. The summed E-state index contributed by atoms with van der Waals surface area (Å²) in [7, 11) is 0. The van der Waals surface area contributed by atoms with Gasteiger partial charge in [-0.2, -0.15) is 0 Å². The predicted molar refractivity (Wildman–Crippen MR) is 79.4 cm³/mol. The van der Waals surface area contributed by atoms with Gasteiger partial charge < -0.3 is 5.73 Å². The number of nitrogen functional groups attached to an aromatic ring is 1. The zero-order valence-electron chi connectivity index (χ0n) is 11.6. The largest absolute Gasteiger partial charge is 0.369 e. The number of benzene rings is 2. The molecule has 5 heteroatoms. The number of imidazole rings is 1. The Morgan fingerprint density at radius 2 is 1.95 bits per heavy atom. The molecule has 0 saturated carbocycles. The Hall–Kier alpha value is -2.43. The van der Waals surface area contributed by atoms with Gasteiger partial charge in [-0.25, -0.2) is 13.8 Å². The summed E-state index contributed by atoms with van der Waals surface area (Å²) in [6.07, 6.45) is 1.82. The number of halogens is 2. The Balaban J connectivity index is 2.33. The lowest BCUT2D eigenvalue weighted by molar-refractivity contribution is 0.590. The van der Waals surface area contributed by atoms with Gasteiger partial charge in [0.2, 0.25) is 5.95 Å². The number of aromatic nitrogens is 2. The van der Waals surface area contributed by atoms with Crippen molar-refractivity contribution in [1.82, 2.24) is 9.55 Å². The molecule has 0 atom stereocenters. The first-order valence-electron chi connectivity index (χ1n) is 6.83. The SMILES string of the molecule is CCCc1ccccc1-n1c(N)nc2c(F)cc(F)cc21. The van der Waals surface area contributed by atoms with Crippen LogP contribution < -0.4 is 5.73 Å². The maximum absolute atomic E-state index is 13.8. The average Bonchev–Trinajstić information content (AvgIpc) is 2.77. The molecular weight excluding hydrogens is 272 g/mol. The molecule has 0 fully saturated rings. The van der Waals surface area contributed by atoms with Crippen LogP contribution in [0.3, 0.4) is 0 Å². The molecule has 3 aromatic rings. The lowest BCUT2D eigenvalue weighted by Crippen LogP contribution is -2.04. The highest BCUT2D eigenvalue weighted by Crippen LogP contribution is 2.28. The predicted octanol–water partition coefficient (Wildman–Crippen LogP) is 3.84. The van der Waals surface area contributed by atoms with Crippen LogP contribution in [-0.4, -0.2) is 9.55 Å². The van der Waals surface area contributed by atoms with E-state index in [1.54, 1.807) is 4.57 Å². The number of hydrogen-bond donors (Lipinski definition) is 1. The minimum atomic E-state index is -0.705. The van der Waals surface area contributed by atoms with E-state index in [0.717, 1.165) is 30.2 Å². The number of para-hydroxylation sites is 1. The van der Waals surface area contributed by atoms with Gasteiger partial charge in [0, 0.05) is 12.1 Å². The van der Waals surface area contributed by atoms with Crippen molar-refractivity contribution >= 4 is 17.0 Å². The molecule has 0 unspecified atom stereocenters. The lowest BCUT2D eigenvalue weighted by atomic mass is 10.1. The van der Waals surface area contributed by atoms with E-state index in [2.05, 4.69) is 11.9 Å². The third kappa shape index (κ3) is 2.24. The van der Waals surface area contributed by atoms with Crippen molar-refractivity contribution in [2.24, 2.45) is 0 Å². The first-order chi connectivity index (χ1) is 10.1. The molecule has 0 amide bonds. The van der Waals surface area contributed by atoms with E-state index in [1.807, 2.05) is 24.3 Å². The van der Waals surface area contributed by atoms with Crippen LogP contribution in [0.5, 0.6) is 0 Å². The molecule has 1 heterocycles. The van der Waals surface area contributed by atoms with Crippen LogP contribution in [0, 0.1) is 11.6 Å². The highest BCUT2D eigenvalue weighted by Gasteiger charge is 2.16. The van der Waals surface area contributed by atoms with Gasteiger partial charge in [0.25, 0.3) is 0 Å². The van der Waals surface area contributed by atoms with Crippen LogP contribution in [0.25, 0.3) is 16.7 Å². The Morgan fingerprint density at radius 1 is 1.19 bits per heavy atom. The summed E-state index contributed by atoms with van der Waals surface area (Å²) in [5.74, 6) is -1.20. The van der Waals surface area contributed by atoms with Gasteiger partial charge in [0.1, 0.15) is 11.3 Å². The van der Waals surface area contributed by atoms with Crippen molar-refractivity contribution in [3.05, 3.63) is 53.6 Å². The molecule has 2 aromatic carbocycles. The zero-order valence-corrected chi connectivity index (χ0v) is 11.6. The smallest absolute Gasteiger partial charge is 0.206 e. The third-order valence-electron chi connectivity index (χ3n) is 3.46. The Labute approximate surface area is 121 Å². The normalized spacial score (nSPS) is 11.2. The summed E-state index contributed by atoms with van der Waals surface area (Å²) in [6, 6.07) is 9.74. The van der Waals surface area contributed by atoms with E-state index in [1.165, 1.54) is 6.07 Å². The van der Waals surface area contributed by atoms with Gasteiger partial charge in [-0.3, -0.25) is 4.57 Å². The Morgan fingerprint density at radius 3 is 2.71 bits per heavy atom. The zero-order chi connectivity index (χ0) is 15.0. The minimum Gasteiger partial charge on any atom is -0.369 e. The molecule has 0 saturated heterocycles. The number of hydrogen-bond acceptors (Lipinski definition) is 2. The van der Waals surface area contributed by atoms with Gasteiger partial charge in [-0.05, 0) is 18.1 Å². The highest BCUT2D eigenvalue weighted by atomic mass is 19.1. The third-order valence-corrected chi connectivity index (χ3v) is 3.46. The number of nitrogens with two attached hydrogens (primary N) is 1. The molecule has 0 radical (unpaired) electrons. The molecule has 1 aromatic heterocycles. The molecule has 108 valence electrons. The van der Waals surface area contributed by atoms with Crippen molar-refractivity contribution in [3.63, 3.8) is 0 Å². The van der Waals surface area contributed by atoms with E-state index in [9.17, 15) is 8.78 Å². The second kappa shape index (κ2) is 5.16. The summed E-state index contributed by atoms with van der Waals surface area (Å²) in [5.41, 5.74) is 8.23. The molecule has 3 nitrogen and oxygen atoms in total. The van der Waals surface area contributed by atoms with Crippen molar-refractivity contribution in [3.8, 4) is 5.69 Å². The van der Waals surface area contributed by atoms with Crippen LogP contribution in [0.4, 0.5) is 14.7 Å². The van der Waals surface area contributed by atoms with E-state index in [-0.39, 0.29) is 11.5 Å². The molecular formula is C16H15F2N3.